The van der Waals surface area contributed by atoms with Crippen molar-refractivity contribution in [1.82, 2.24) is 19.2 Å². The van der Waals surface area contributed by atoms with E-state index in [1.165, 1.54) is 0 Å². The average molecular weight is 379 g/mol. The molecule has 1 aromatic rings. The lowest BCUT2D eigenvalue weighted by molar-refractivity contribution is -0.138. The summed E-state index contributed by atoms with van der Waals surface area (Å²) >= 11 is 0. The first kappa shape index (κ1) is 17.7. The summed E-state index contributed by atoms with van der Waals surface area (Å²) in [4.78, 5) is 24.5. The molecule has 1 aromatic heterocycles. The van der Waals surface area contributed by atoms with Gasteiger partial charge in [0.05, 0.1) is 6.20 Å². The zero-order valence-corrected chi connectivity index (χ0v) is 15.6. The van der Waals surface area contributed by atoms with Crippen LogP contribution in [0, 0.1) is 5.92 Å². The molecule has 8 nitrogen and oxygen atoms in total. The van der Waals surface area contributed by atoms with Gasteiger partial charge in [-0.1, -0.05) is 12.8 Å². The van der Waals surface area contributed by atoms with Gasteiger partial charge < -0.3 is 9.80 Å². The summed E-state index contributed by atoms with van der Waals surface area (Å²) in [5.41, 5.74) is 0. The molecule has 9 heteroatoms. The van der Waals surface area contributed by atoms with Gasteiger partial charge in [0.25, 0.3) is 0 Å². The lowest BCUT2D eigenvalue weighted by Gasteiger charge is -2.43. The highest BCUT2D eigenvalue weighted by atomic mass is 32.2. The van der Waals surface area contributed by atoms with Gasteiger partial charge >= 0.3 is 0 Å². The molecule has 1 amide bonds. The van der Waals surface area contributed by atoms with Crippen molar-refractivity contribution in [2.24, 2.45) is 5.92 Å². The predicted molar refractivity (Wildman–Crippen MR) is 97.1 cm³/mol. The number of nitrogens with zero attached hydrogens (tertiary/aromatic N) is 5. The van der Waals surface area contributed by atoms with Gasteiger partial charge in [-0.2, -0.15) is 4.31 Å². The van der Waals surface area contributed by atoms with E-state index in [1.807, 2.05) is 0 Å². The summed E-state index contributed by atoms with van der Waals surface area (Å²) < 4.78 is 27.3. The van der Waals surface area contributed by atoms with Crippen molar-refractivity contribution in [3.05, 3.63) is 18.6 Å². The number of likely N-dealkylation sites (tertiary alicyclic amines) is 1. The van der Waals surface area contributed by atoms with Gasteiger partial charge in [-0.15, -0.1) is 0 Å². The normalized spacial score (nSPS) is 23.2. The average Bonchev–Trinajstić information content (AvgIpc) is 3.16. The summed E-state index contributed by atoms with van der Waals surface area (Å²) in [5.74, 6) is 1.05. The summed E-state index contributed by atoms with van der Waals surface area (Å²) in [7, 11) is -3.34. The Bertz CT molecular complexity index is 737. The van der Waals surface area contributed by atoms with Crippen molar-refractivity contribution in [2.45, 2.75) is 30.9 Å². The Morgan fingerprint density at radius 3 is 2.35 bits per heavy atom. The van der Waals surface area contributed by atoms with Gasteiger partial charge in [-0.05, 0) is 12.8 Å². The number of rotatable bonds is 4. The third-order valence-corrected chi connectivity index (χ3v) is 7.98. The van der Waals surface area contributed by atoms with E-state index in [1.54, 1.807) is 27.8 Å². The summed E-state index contributed by atoms with van der Waals surface area (Å²) in [5, 5.41) is -0.448. The number of carbonyl (C=O) groups is 1. The van der Waals surface area contributed by atoms with Crippen molar-refractivity contribution in [3.63, 3.8) is 0 Å². The van der Waals surface area contributed by atoms with E-state index in [-0.39, 0.29) is 11.8 Å². The smallest absolute Gasteiger partial charge is 0.225 e. The quantitative estimate of drug-likeness (QED) is 0.749. The van der Waals surface area contributed by atoms with E-state index in [0.29, 0.717) is 39.3 Å². The van der Waals surface area contributed by atoms with Crippen LogP contribution in [0.5, 0.6) is 0 Å². The molecule has 0 atom stereocenters. The van der Waals surface area contributed by atoms with Crippen LogP contribution in [-0.4, -0.2) is 78.0 Å². The first-order chi connectivity index (χ1) is 12.6. The molecule has 3 heterocycles. The van der Waals surface area contributed by atoms with Gasteiger partial charge in [0.2, 0.25) is 15.9 Å². The highest BCUT2D eigenvalue weighted by molar-refractivity contribution is 7.89. The van der Waals surface area contributed by atoms with E-state index < -0.39 is 15.3 Å². The topological polar surface area (TPSA) is 86.7 Å². The lowest BCUT2D eigenvalue weighted by atomic mass is 10.0. The molecule has 2 saturated heterocycles. The number of carbonyl (C=O) groups excluding carboxylic acids is 1. The van der Waals surface area contributed by atoms with Crippen LogP contribution in [0.3, 0.4) is 0 Å². The third kappa shape index (κ3) is 3.29. The Hall–Kier alpha value is -1.74. The Kier molecular flexibility index (Phi) is 4.83. The standard InChI is InChI=1S/C17H25N5O3S/c23-17(14-3-1-2-4-14)21-12-15(13-21)26(24,25)22-9-7-20(8-10-22)16-11-18-5-6-19-16/h5-6,11,14-15H,1-4,7-10,12-13H2. The van der Waals surface area contributed by atoms with E-state index >= 15 is 0 Å². The number of aromatic nitrogens is 2. The number of hydrogen-bond donors (Lipinski definition) is 0. The van der Waals surface area contributed by atoms with Gasteiger partial charge in [0.1, 0.15) is 11.1 Å². The molecule has 0 unspecified atom stereocenters. The lowest BCUT2D eigenvalue weighted by Crippen LogP contribution is -2.62. The van der Waals surface area contributed by atoms with Crippen molar-refractivity contribution in [1.29, 1.82) is 0 Å². The minimum Gasteiger partial charge on any atom is -0.353 e. The van der Waals surface area contributed by atoms with Crippen LogP contribution >= 0.6 is 0 Å². The van der Waals surface area contributed by atoms with Crippen molar-refractivity contribution in [2.75, 3.05) is 44.2 Å². The maximum atomic E-state index is 12.8. The van der Waals surface area contributed by atoms with Crippen LogP contribution in [-0.2, 0) is 14.8 Å². The highest BCUT2D eigenvalue weighted by Crippen LogP contribution is 2.30. The van der Waals surface area contributed by atoms with Crippen LogP contribution in [0.4, 0.5) is 5.82 Å². The third-order valence-electron chi connectivity index (χ3n) is 5.76. The van der Waals surface area contributed by atoms with Gasteiger partial charge in [-0.25, -0.2) is 13.4 Å². The second-order valence-electron chi connectivity index (χ2n) is 7.34. The molecule has 26 heavy (non-hydrogen) atoms. The largest absolute Gasteiger partial charge is 0.353 e. The molecule has 0 radical (unpaired) electrons. The molecular formula is C17H25N5O3S. The van der Waals surface area contributed by atoms with Crippen LogP contribution < -0.4 is 4.90 Å². The fraction of sp³-hybridized carbons (Fsp3) is 0.706. The zero-order valence-electron chi connectivity index (χ0n) is 14.8. The molecular weight excluding hydrogens is 354 g/mol. The fourth-order valence-electron chi connectivity index (χ4n) is 4.07. The number of anilines is 1. The molecule has 4 rings (SSSR count). The van der Waals surface area contributed by atoms with E-state index in [9.17, 15) is 13.2 Å². The molecule has 1 saturated carbocycles. The van der Waals surface area contributed by atoms with Crippen molar-refractivity contribution < 1.29 is 13.2 Å². The second-order valence-corrected chi connectivity index (χ2v) is 9.55. The molecule has 3 aliphatic rings. The number of amides is 1. The van der Waals surface area contributed by atoms with Gasteiger partial charge in [0.15, 0.2) is 0 Å². The number of sulfonamides is 1. The Morgan fingerprint density at radius 1 is 1.04 bits per heavy atom. The molecule has 0 spiro atoms. The minimum atomic E-state index is -3.34. The molecule has 0 aromatic carbocycles. The number of hydrogen-bond acceptors (Lipinski definition) is 6. The van der Waals surface area contributed by atoms with E-state index in [4.69, 9.17) is 0 Å². The van der Waals surface area contributed by atoms with E-state index in [0.717, 1.165) is 31.5 Å². The zero-order chi connectivity index (χ0) is 18.1. The maximum Gasteiger partial charge on any atom is 0.225 e. The van der Waals surface area contributed by atoms with Crippen LogP contribution in [0.15, 0.2) is 18.6 Å². The molecule has 1 aliphatic carbocycles. The predicted octanol–water partition coefficient (Wildman–Crippen LogP) is 0.329. The molecule has 0 N–H and O–H groups in total. The Morgan fingerprint density at radius 2 is 1.73 bits per heavy atom. The van der Waals surface area contributed by atoms with E-state index in [2.05, 4.69) is 14.9 Å². The van der Waals surface area contributed by atoms with Crippen molar-refractivity contribution >= 4 is 21.7 Å². The monoisotopic (exact) mass is 379 g/mol. The van der Waals surface area contributed by atoms with Crippen LogP contribution in [0.25, 0.3) is 0 Å². The highest BCUT2D eigenvalue weighted by Gasteiger charge is 2.44. The van der Waals surface area contributed by atoms with Crippen LogP contribution in [0.2, 0.25) is 0 Å². The second kappa shape index (κ2) is 7.11. The first-order valence-electron chi connectivity index (χ1n) is 9.34. The molecule has 0 bridgehead atoms. The molecule has 2 aliphatic heterocycles. The Labute approximate surface area is 154 Å². The first-order valence-corrected chi connectivity index (χ1v) is 10.8. The summed E-state index contributed by atoms with van der Waals surface area (Å²) in [6.45, 7) is 2.81. The SMILES string of the molecule is O=C(C1CCCC1)N1CC(S(=O)(=O)N2CCN(c3cnccn3)CC2)C1. The summed E-state index contributed by atoms with van der Waals surface area (Å²) in [6.07, 6.45) is 9.10. The molecule has 142 valence electrons. The Balaban J connectivity index is 1.30. The summed E-state index contributed by atoms with van der Waals surface area (Å²) in [6, 6.07) is 0. The van der Waals surface area contributed by atoms with Gasteiger partial charge in [-0.3, -0.25) is 9.78 Å². The molecule has 3 fully saturated rings. The maximum absolute atomic E-state index is 12.8. The number of piperazine rings is 1. The van der Waals surface area contributed by atoms with Crippen molar-refractivity contribution in [3.8, 4) is 0 Å². The minimum absolute atomic E-state index is 0.120. The van der Waals surface area contributed by atoms with Crippen LogP contribution in [0.1, 0.15) is 25.7 Å². The fourth-order valence-corrected chi connectivity index (χ4v) is 5.91. The van der Waals surface area contributed by atoms with Gasteiger partial charge in [0, 0.05) is 57.6 Å².